The average molecular weight is 732 g/mol. The maximum Gasteiger partial charge on any atom is 0.237 e. The molecule has 0 bridgehead atoms. The first-order chi connectivity index (χ1) is 24.9. The van der Waals surface area contributed by atoms with Gasteiger partial charge in [0.25, 0.3) is 0 Å². The van der Waals surface area contributed by atoms with Gasteiger partial charge in [-0.25, -0.2) is 0 Å². The normalized spacial score (nSPS) is 36.9. The van der Waals surface area contributed by atoms with Crippen LogP contribution in [0.1, 0.15) is 45.4 Å². The smallest absolute Gasteiger partial charge is 0.237 e. The van der Waals surface area contributed by atoms with Crippen molar-refractivity contribution in [3.05, 3.63) is 0 Å². The summed E-state index contributed by atoms with van der Waals surface area (Å²) in [5.74, 6) is -1.48. The Hall–Kier alpha value is -3.95. The van der Waals surface area contributed by atoms with Crippen LogP contribution in [0.2, 0.25) is 0 Å². The summed E-state index contributed by atoms with van der Waals surface area (Å²) < 4.78 is 0. The van der Waals surface area contributed by atoms with Gasteiger partial charge in [0.2, 0.25) is 41.4 Å². The molecule has 0 aromatic carbocycles. The predicted molar refractivity (Wildman–Crippen MR) is 185 cm³/mol. The van der Waals surface area contributed by atoms with E-state index < -0.39 is 42.2 Å². The second-order valence-corrected chi connectivity index (χ2v) is 15.0. The van der Waals surface area contributed by atoms with E-state index in [1.165, 1.54) is 6.92 Å². The fourth-order valence-electron chi connectivity index (χ4n) is 8.09. The molecule has 6 fully saturated rings. The van der Waals surface area contributed by atoms with Crippen molar-refractivity contribution >= 4 is 41.4 Å². The molecule has 6 heterocycles. The van der Waals surface area contributed by atoms with E-state index in [0.29, 0.717) is 77.8 Å². The largest absolute Gasteiger partial charge is 0.368 e. The van der Waals surface area contributed by atoms with Crippen LogP contribution in [0.3, 0.4) is 0 Å². The molecule has 0 aromatic rings. The number of carbonyl (C=O) groups excluding carboxylic acids is 7. The van der Waals surface area contributed by atoms with Crippen LogP contribution < -0.4 is 69.5 Å². The Morgan fingerprint density at radius 3 is 0.808 bits per heavy atom. The standard InChI is InChI=1S/C32H53N13O7/c1-14(46)40-15-3-22(35-8-15)28(48)42-17-5-24(37-10-17)30(50)44-19-7-26(39-12-19)32(52)45-20-6-25(38-13-20)31(51)43-18-4-23(36-11-18)29(49)41-16-2-21(27(33)47)34-9-16/h15-26,34-39H,2-13H2,1H3,(H2,33,47)(H,40,46)(H,41,49)(H,42,48)(H,43,51)(H,44,50)(H,45,52)/t15-,16-,17-,18-,19-,20-,21-,22-,23-,24-,25-,26-/m0/s1. The second-order valence-electron chi connectivity index (χ2n) is 15.0. The van der Waals surface area contributed by atoms with Crippen LogP contribution in [-0.2, 0) is 33.6 Å². The monoisotopic (exact) mass is 731 g/mol. The number of primary amides is 1. The van der Waals surface area contributed by atoms with Crippen molar-refractivity contribution in [2.24, 2.45) is 5.73 Å². The minimum atomic E-state index is -0.490. The zero-order chi connectivity index (χ0) is 36.9. The maximum atomic E-state index is 13.1. The van der Waals surface area contributed by atoms with Gasteiger partial charge in [0, 0.05) is 82.4 Å². The molecule has 14 N–H and O–H groups in total. The molecular weight excluding hydrogens is 678 g/mol. The Bertz CT molecular complexity index is 1400. The molecule has 52 heavy (non-hydrogen) atoms. The first-order valence-corrected chi connectivity index (χ1v) is 18.4. The lowest BCUT2D eigenvalue weighted by Crippen LogP contribution is -2.47. The van der Waals surface area contributed by atoms with Crippen molar-refractivity contribution in [2.45, 2.75) is 118 Å². The summed E-state index contributed by atoms with van der Waals surface area (Å²) in [6, 6.07) is -3.92. The van der Waals surface area contributed by atoms with Crippen LogP contribution in [0.4, 0.5) is 0 Å². The van der Waals surface area contributed by atoms with E-state index in [4.69, 9.17) is 5.73 Å². The van der Waals surface area contributed by atoms with Crippen molar-refractivity contribution in [3.8, 4) is 0 Å². The molecule has 0 aromatic heterocycles. The maximum absolute atomic E-state index is 13.1. The van der Waals surface area contributed by atoms with Crippen molar-refractivity contribution in [3.63, 3.8) is 0 Å². The molecule has 0 spiro atoms. The molecule has 6 aliphatic rings. The lowest BCUT2D eigenvalue weighted by atomic mass is 10.1. The molecule has 6 rings (SSSR count). The summed E-state index contributed by atoms with van der Waals surface area (Å²) >= 11 is 0. The highest BCUT2D eigenvalue weighted by atomic mass is 16.2. The quantitative estimate of drug-likeness (QED) is 0.0890. The molecule has 12 atom stereocenters. The molecule has 20 nitrogen and oxygen atoms in total. The van der Waals surface area contributed by atoms with Gasteiger partial charge in [-0.2, -0.15) is 0 Å². The second kappa shape index (κ2) is 16.8. The third-order valence-corrected chi connectivity index (χ3v) is 10.9. The predicted octanol–water partition coefficient (Wildman–Crippen LogP) is -7.43. The molecule has 0 saturated carbocycles. The Morgan fingerprint density at radius 2 is 0.596 bits per heavy atom. The third-order valence-electron chi connectivity index (χ3n) is 10.9. The topological polar surface area (TPSA) is 290 Å². The first kappa shape index (κ1) is 37.8. The van der Waals surface area contributed by atoms with Gasteiger partial charge in [0.05, 0.1) is 36.3 Å². The highest BCUT2D eigenvalue weighted by Crippen LogP contribution is 2.15. The fraction of sp³-hybridized carbons (Fsp3) is 0.781. The Morgan fingerprint density at radius 1 is 0.385 bits per heavy atom. The Labute approximate surface area is 301 Å². The third kappa shape index (κ3) is 9.72. The van der Waals surface area contributed by atoms with Crippen LogP contribution >= 0.6 is 0 Å². The van der Waals surface area contributed by atoms with Crippen molar-refractivity contribution in [1.29, 1.82) is 0 Å². The molecule has 288 valence electrons. The minimum absolute atomic E-state index is 0.0859. The van der Waals surface area contributed by atoms with E-state index in [1.54, 1.807) is 0 Å². The zero-order valence-corrected chi connectivity index (χ0v) is 29.3. The van der Waals surface area contributed by atoms with Gasteiger partial charge in [-0.1, -0.05) is 0 Å². The van der Waals surface area contributed by atoms with E-state index >= 15 is 0 Å². The van der Waals surface area contributed by atoms with Gasteiger partial charge in [-0.05, 0) is 38.5 Å². The van der Waals surface area contributed by atoms with Gasteiger partial charge in [-0.3, -0.25) is 33.6 Å². The molecular formula is C32H53N13O7. The highest BCUT2D eigenvalue weighted by molar-refractivity contribution is 5.87. The molecule has 0 aliphatic carbocycles. The van der Waals surface area contributed by atoms with E-state index in [0.717, 1.165) is 0 Å². The van der Waals surface area contributed by atoms with Gasteiger partial charge < -0.3 is 69.5 Å². The molecule has 6 saturated heterocycles. The van der Waals surface area contributed by atoms with Crippen molar-refractivity contribution in [2.75, 3.05) is 39.3 Å². The van der Waals surface area contributed by atoms with E-state index in [9.17, 15) is 33.6 Å². The van der Waals surface area contributed by atoms with Crippen molar-refractivity contribution < 1.29 is 33.6 Å². The molecule has 20 heteroatoms. The van der Waals surface area contributed by atoms with Crippen LogP contribution in [0, 0.1) is 0 Å². The number of carbonyl (C=O) groups is 7. The zero-order valence-electron chi connectivity index (χ0n) is 29.3. The lowest BCUT2D eigenvalue weighted by Gasteiger charge is -2.18. The van der Waals surface area contributed by atoms with Crippen molar-refractivity contribution in [1.82, 2.24) is 63.8 Å². The minimum Gasteiger partial charge on any atom is -0.368 e. The fourth-order valence-corrected chi connectivity index (χ4v) is 8.09. The number of nitrogens with one attached hydrogen (secondary N) is 12. The molecule has 6 aliphatic heterocycles. The number of hydrogen-bond donors (Lipinski definition) is 13. The SMILES string of the molecule is CC(=O)N[C@@H]1CN[C@H](C(=O)N[C@@H]2CN[C@H](C(=O)N[C@@H]3CN[C@H](C(=O)N[C@@H]4CN[C@H](C(=O)N[C@@H]5CN[C@H](C(=O)N[C@@H]6CN[C@H](C(N)=O)C6)C5)C4)C3)C2)C1. The van der Waals surface area contributed by atoms with E-state index in [-0.39, 0.29) is 71.7 Å². The number of nitrogens with two attached hydrogens (primary N) is 1. The Balaban J connectivity index is 0.844. The van der Waals surface area contributed by atoms with E-state index in [1.807, 2.05) is 0 Å². The van der Waals surface area contributed by atoms with Gasteiger partial charge in [0.15, 0.2) is 0 Å². The van der Waals surface area contributed by atoms with E-state index in [2.05, 4.69) is 63.8 Å². The summed E-state index contributed by atoms with van der Waals surface area (Å²) in [5, 5.41) is 36.6. The van der Waals surface area contributed by atoms with Crippen LogP contribution in [0.15, 0.2) is 0 Å². The number of amides is 7. The summed E-state index contributed by atoms with van der Waals surface area (Å²) in [7, 11) is 0. The number of rotatable bonds is 12. The van der Waals surface area contributed by atoms with Crippen LogP contribution in [-0.4, -0.2) is 153 Å². The van der Waals surface area contributed by atoms with Gasteiger partial charge in [-0.15, -0.1) is 0 Å². The van der Waals surface area contributed by atoms with Crippen LogP contribution in [0.5, 0.6) is 0 Å². The highest BCUT2D eigenvalue weighted by Gasteiger charge is 2.39. The molecule has 0 unspecified atom stereocenters. The first-order valence-electron chi connectivity index (χ1n) is 18.4. The summed E-state index contributed by atoms with van der Waals surface area (Å²) in [4.78, 5) is 87.2. The Kier molecular flexibility index (Phi) is 12.2. The summed E-state index contributed by atoms with van der Waals surface area (Å²) in [6.07, 6.45) is 2.67. The molecule has 0 radical (unpaired) electrons. The summed E-state index contributed by atoms with van der Waals surface area (Å²) in [6.45, 7) is 4.23. The number of hydrogen-bond acceptors (Lipinski definition) is 13. The van der Waals surface area contributed by atoms with Crippen LogP contribution in [0.25, 0.3) is 0 Å². The molecule has 7 amide bonds. The average Bonchev–Trinajstić information content (AvgIpc) is 3.93. The van der Waals surface area contributed by atoms with Gasteiger partial charge in [0.1, 0.15) is 0 Å². The van der Waals surface area contributed by atoms with Gasteiger partial charge >= 0.3 is 0 Å². The summed E-state index contributed by atoms with van der Waals surface area (Å²) in [5.41, 5.74) is 5.34. The lowest BCUT2D eigenvalue weighted by molar-refractivity contribution is -0.125.